The maximum atomic E-state index is 10.6. The van der Waals surface area contributed by atoms with E-state index in [0.717, 1.165) is 16.4 Å². The summed E-state index contributed by atoms with van der Waals surface area (Å²) in [5, 5.41) is 12.6. The highest BCUT2D eigenvalue weighted by Crippen LogP contribution is 2.35. The van der Waals surface area contributed by atoms with Crippen LogP contribution in [0, 0.1) is 0 Å². The monoisotopic (exact) mass is 352 g/mol. The molecule has 0 atom stereocenters. The number of hydrogen-bond donors (Lipinski definition) is 1. The van der Waals surface area contributed by atoms with Crippen molar-refractivity contribution in [3.05, 3.63) is 84.9 Å². The SMILES string of the molecule is Oc1cc2ccccc2cc1-c1ncnc2c1ncn2Cc1ccccc1. The predicted molar refractivity (Wildman–Crippen MR) is 105 cm³/mol. The Labute approximate surface area is 155 Å². The van der Waals surface area contributed by atoms with Crippen LogP contribution in [0.1, 0.15) is 5.56 Å². The predicted octanol–water partition coefficient (Wildman–Crippen LogP) is 4.40. The van der Waals surface area contributed by atoms with Gasteiger partial charge in [-0.3, -0.25) is 0 Å². The van der Waals surface area contributed by atoms with E-state index in [-0.39, 0.29) is 5.75 Å². The first-order chi connectivity index (χ1) is 13.3. The minimum absolute atomic E-state index is 0.186. The lowest BCUT2D eigenvalue weighted by atomic mass is 10.0. The Morgan fingerprint density at radius 2 is 1.56 bits per heavy atom. The van der Waals surface area contributed by atoms with Gasteiger partial charge in [0, 0.05) is 5.56 Å². The number of fused-ring (bicyclic) bond motifs is 2. The zero-order valence-electron chi connectivity index (χ0n) is 14.4. The Morgan fingerprint density at radius 3 is 2.37 bits per heavy atom. The Bertz CT molecular complexity index is 1260. The first kappa shape index (κ1) is 15.5. The first-order valence-electron chi connectivity index (χ1n) is 8.71. The van der Waals surface area contributed by atoms with Gasteiger partial charge in [-0.2, -0.15) is 0 Å². The van der Waals surface area contributed by atoms with E-state index in [1.165, 1.54) is 11.9 Å². The molecule has 3 aromatic carbocycles. The molecule has 2 aromatic heterocycles. The Kier molecular flexibility index (Phi) is 3.57. The van der Waals surface area contributed by atoms with Gasteiger partial charge in [-0.25, -0.2) is 15.0 Å². The van der Waals surface area contributed by atoms with Crippen LogP contribution in [-0.2, 0) is 6.54 Å². The highest BCUT2D eigenvalue weighted by Gasteiger charge is 2.15. The van der Waals surface area contributed by atoms with Crippen LogP contribution in [0.2, 0.25) is 0 Å². The molecule has 0 bridgehead atoms. The summed E-state index contributed by atoms with van der Waals surface area (Å²) in [4.78, 5) is 13.4. The van der Waals surface area contributed by atoms with E-state index in [0.29, 0.717) is 23.3 Å². The minimum Gasteiger partial charge on any atom is -0.507 e. The molecule has 0 radical (unpaired) electrons. The zero-order chi connectivity index (χ0) is 18.2. The summed E-state index contributed by atoms with van der Waals surface area (Å²) in [7, 11) is 0. The normalized spacial score (nSPS) is 11.3. The van der Waals surface area contributed by atoms with Crippen LogP contribution in [0.15, 0.2) is 79.4 Å². The Balaban J connectivity index is 1.66. The maximum Gasteiger partial charge on any atom is 0.164 e. The van der Waals surface area contributed by atoms with Crippen molar-refractivity contribution in [2.24, 2.45) is 0 Å². The van der Waals surface area contributed by atoms with E-state index in [1.54, 1.807) is 12.4 Å². The molecule has 0 aliphatic rings. The number of aromatic nitrogens is 4. The number of phenolic OH excluding ortho intramolecular Hbond substituents is 1. The summed E-state index contributed by atoms with van der Waals surface area (Å²) in [6.45, 7) is 0.678. The summed E-state index contributed by atoms with van der Waals surface area (Å²) < 4.78 is 1.99. The third kappa shape index (κ3) is 2.69. The van der Waals surface area contributed by atoms with E-state index in [9.17, 15) is 5.11 Å². The van der Waals surface area contributed by atoms with Crippen molar-refractivity contribution in [2.45, 2.75) is 6.54 Å². The molecule has 0 aliphatic heterocycles. The number of aromatic hydroxyl groups is 1. The van der Waals surface area contributed by atoms with E-state index in [1.807, 2.05) is 53.1 Å². The lowest BCUT2D eigenvalue weighted by Gasteiger charge is -2.08. The second kappa shape index (κ2) is 6.21. The Morgan fingerprint density at radius 1 is 0.815 bits per heavy atom. The van der Waals surface area contributed by atoms with Gasteiger partial charge in [-0.05, 0) is 28.5 Å². The fourth-order valence-corrected chi connectivity index (χ4v) is 3.39. The van der Waals surface area contributed by atoms with Gasteiger partial charge < -0.3 is 9.67 Å². The molecule has 0 saturated carbocycles. The van der Waals surface area contributed by atoms with Crippen molar-refractivity contribution < 1.29 is 5.11 Å². The van der Waals surface area contributed by atoms with Crippen molar-refractivity contribution >= 4 is 21.9 Å². The molecule has 0 spiro atoms. The highest BCUT2D eigenvalue weighted by molar-refractivity contribution is 5.95. The van der Waals surface area contributed by atoms with Crippen molar-refractivity contribution in [3.8, 4) is 17.0 Å². The smallest absolute Gasteiger partial charge is 0.164 e. The van der Waals surface area contributed by atoms with E-state index in [4.69, 9.17) is 0 Å². The molecule has 130 valence electrons. The van der Waals surface area contributed by atoms with Gasteiger partial charge in [0.2, 0.25) is 0 Å². The quantitative estimate of drug-likeness (QED) is 0.523. The molecule has 5 nitrogen and oxygen atoms in total. The maximum absolute atomic E-state index is 10.6. The average Bonchev–Trinajstić information content (AvgIpc) is 3.11. The molecule has 0 saturated heterocycles. The summed E-state index contributed by atoms with van der Waals surface area (Å²) in [5.74, 6) is 0.186. The number of phenols is 1. The van der Waals surface area contributed by atoms with Crippen molar-refractivity contribution in [3.63, 3.8) is 0 Å². The van der Waals surface area contributed by atoms with Crippen molar-refractivity contribution in [2.75, 3.05) is 0 Å². The Hall–Kier alpha value is -3.73. The van der Waals surface area contributed by atoms with Crippen LogP contribution >= 0.6 is 0 Å². The third-order valence-corrected chi connectivity index (χ3v) is 4.72. The number of rotatable bonds is 3. The summed E-state index contributed by atoms with van der Waals surface area (Å²) in [6, 6.07) is 21.8. The van der Waals surface area contributed by atoms with Crippen molar-refractivity contribution in [1.29, 1.82) is 0 Å². The number of benzene rings is 3. The van der Waals surface area contributed by atoms with Crippen LogP contribution in [0.3, 0.4) is 0 Å². The molecule has 0 aliphatic carbocycles. The van der Waals surface area contributed by atoms with Crippen molar-refractivity contribution in [1.82, 2.24) is 19.5 Å². The van der Waals surface area contributed by atoms with Crippen LogP contribution < -0.4 is 0 Å². The van der Waals surface area contributed by atoms with Gasteiger partial charge in [0.25, 0.3) is 0 Å². The topological polar surface area (TPSA) is 63.8 Å². The molecule has 27 heavy (non-hydrogen) atoms. The van der Waals surface area contributed by atoms with Crippen LogP contribution in [0.25, 0.3) is 33.2 Å². The van der Waals surface area contributed by atoms with Crippen LogP contribution in [-0.4, -0.2) is 24.6 Å². The standard InChI is InChI=1S/C22H16N4O/c27-19-11-17-9-5-4-8-16(17)10-18(19)20-21-22(24-13-23-20)26(14-25-21)12-15-6-2-1-3-7-15/h1-11,13-14,27H,12H2. The summed E-state index contributed by atoms with van der Waals surface area (Å²) in [6.07, 6.45) is 3.30. The van der Waals surface area contributed by atoms with Gasteiger partial charge in [-0.15, -0.1) is 0 Å². The molecule has 0 unspecified atom stereocenters. The van der Waals surface area contributed by atoms with E-state index >= 15 is 0 Å². The summed E-state index contributed by atoms with van der Waals surface area (Å²) >= 11 is 0. The number of nitrogens with zero attached hydrogens (tertiary/aromatic N) is 4. The lowest BCUT2D eigenvalue weighted by molar-refractivity contribution is 0.478. The molecule has 0 amide bonds. The van der Waals surface area contributed by atoms with E-state index < -0.39 is 0 Å². The molecule has 1 N–H and O–H groups in total. The second-order valence-corrected chi connectivity index (χ2v) is 6.47. The van der Waals surface area contributed by atoms with Crippen LogP contribution in [0.5, 0.6) is 5.75 Å². The molecule has 2 heterocycles. The molecule has 5 heteroatoms. The lowest BCUT2D eigenvalue weighted by Crippen LogP contribution is -1.99. The van der Waals surface area contributed by atoms with Gasteiger partial charge >= 0.3 is 0 Å². The first-order valence-corrected chi connectivity index (χ1v) is 8.71. The van der Waals surface area contributed by atoms with Gasteiger partial charge in [0.15, 0.2) is 5.65 Å². The number of hydrogen-bond acceptors (Lipinski definition) is 4. The van der Waals surface area contributed by atoms with Crippen LogP contribution in [0.4, 0.5) is 0 Å². The fourth-order valence-electron chi connectivity index (χ4n) is 3.39. The molecule has 5 rings (SSSR count). The van der Waals surface area contributed by atoms with Gasteiger partial charge in [0.1, 0.15) is 23.3 Å². The summed E-state index contributed by atoms with van der Waals surface area (Å²) in [5.41, 5.74) is 3.89. The average molecular weight is 352 g/mol. The second-order valence-electron chi connectivity index (χ2n) is 6.47. The minimum atomic E-state index is 0.186. The largest absolute Gasteiger partial charge is 0.507 e. The highest BCUT2D eigenvalue weighted by atomic mass is 16.3. The third-order valence-electron chi connectivity index (χ3n) is 4.72. The van der Waals surface area contributed by atoms with Gasteiger partial charge in [0.05, 0.1) is 12.9 Å². The molecule has 5 aromatic rings. The molecule has 0 fully saturated rings. The fraction of sp³-hybridized carbons (Fsp3) is 0.0455. The molecular weight excluding hydrogens is 336 g/mol. The number of imidazole rings is 1. The molecular formula is C22H16N4O. The van der Waals surface area contributed by atoms with E-state index in [2.05, 4.69) is 27.1 Å². The van der Waals surface area contributed by atoms with Gasteiger partial charge in [-0.1, -0.05) is 54.6 Å². The zero-order valence-corrected chi connectivity index (χ0v) is 14.4.